The van der Waals surface area contributed by atoms with E-state index in [-0.39, 0.29) is 5.78 Å². The molecule has 5 nitrogen and oxygen atoms in total. The van der Waals surface area contributed by atoms with Crippen LogP contribution in [-0.4, -0.2) is 46.0 Å². The topological polar surface area (TPSA) is 57.7 Å². The molecular formula is C15H22N2O3S. The van der Waals surface area contributed by atoms with E-state index in [1.54, 1.807) is 35.4 Å². The number of benzene rings is 1. The number of carbonyl (C=O) groups is 1. The molecule has 0 aromatic heterocycles. The van der Waals surface area contributed by atoms with Crippen molar-refractivity contribution < 1.29 is 13.2 Å². The van der Waals surface area contributed by atoms with Crippen molar-refractivity contribution >= 4 is 21.5 Å². The highest BCUT2D eigenvalue weighted by molar-refractivity contribution is 7.92. The molecule has 116 valence electrons. The molecule has 0 spiro atoms. The molecular weight excluding hydrogens is 288 g/mol. The van der Waals surface area contributed by atoms with E-state index in [1.165, 1.54) is 16.6 Å². The van der Waals surface area contributed by atoms with Gasteiger partial charge in [0.15, 0.2) is 5.78 Å². The van der Waals surface area contributed by atoms with E-state index >= 15 is 0 Å². The number of hydrogen-bond donors (Lipinski definition) is 0. The Kier molecular flexibility index (Phi) is 5.96. The average Bonchev–Trinajstić information content (AvgIpc) is 2.41. The van der Waals surface area contributed by atoms with E-state index in [1.807, 2.05) is 21.0 Å². The molecule has 0 saturated heterocycles. The maximum Gasteiger partial charge on any atom is 0.232 e. The molecule has 0 aliphatic rings. The van der Waals surface area contributed by atoms with Crippen LogP contribution in [0, 0.1) is 0 Å². The van der Waals surface area contributed by atoms with Gasteiger partial charge in [-0.3, -0.25) is 9.10 Å². The number of allylic oxidation sites excluding steroid dienone is 1. The monoisotopic (exact) mass is 310 g/mol. The fourth-order valence-electron chi connectivity index (χ4n) is 1.82. The highest BCUT2D eigenvalue weighted by Crippen LogP contribution is 2.20. The van der Waals surface area contributed by atoms with Crippen molar-refractivity contribution in [2.75, 3.05) is 31.2 Å². The summed E-state index contributed by atoms with van der Waals surface area (Å²) in [4.78, 5) is 13.8. The molecule has 6 heteroatoms. The minimum atomic E-state index is -3.35. The zero-order valence-corrected chi connectivity index (χ0v) is 13.7. The Balaban J connectivity index is 3.12. The van der Waals surface area contributed by atoms with Gasteiger partial charge in [0.1, 0.15) is 0 Å². The summed E-state index contributed by atoms with van der Waals surface area (Å²) in [6, 6.07) is 6.68. The van der Waals surface area contributed by atoms with Crippen molar-refractivity contribution in [3.05, 3.63) is 42.1 Å². The van der Waals surface area contributed by atoms with E-state index in [0.717, 1.165) is 0 Å². The molecule has 0 bridgehead atoms. The normalized spacial score (nSPS) is 11.6. The van der Waals surface area contributed by atoms with Gasteiger partial charge in [-0.1, -0.05) is 19.1 Å². The first-order chi connectivity index (χ1) is 9.75. The zero-order valence-electron chi connectivity index (χ0n) is 12.9. The molecule has 21 heavy (non-hydrogen) atoms. The van der Waals surface area contributed by atoms with Crippen LogP contribution in [0.25, 0.3) is 0 Å². The summed E-state index contributed by atoms with van der Waals surface area (Å²) < 4.78 is 25.0. The molecule has 1 rings (SSSR count). The fourth-order valence-corrected chi connectivity index (χ4v) is 2.83. The van der Waals surface area contributed by atoms with Gasteiger partial charge < -0.3 is 4.90 Å². The lowest BCUT2D eigenvalue weighted by Crippen LogP contribution is -2.30. The third kappa shape index (κ3) is 5.23. The molecule has 0 saturated carbocycles. The van der Waals surface area contributed by atoms with Crippen LogP contribution in [0.3, 0.4) is 0 Å². The smallest absolute Gasteiger partial charge is 0.232 e. The van der Waals surface area contributed by atoms with Crippen LogP contribution in [0.2, 0.25) is 0 Å². The van der Waals surface area contributed by atoms with Crippen LogP contribution < -0.4 is 4.31 Å². The quantitative estimate of drug-likeness (QED) is 0.572. The highest BCUT2D eigenvalue weighted by atomic mass is 32.2. The molecule has 1 aromatic rings. The predicted octanol–water partition coefficient (Wildman–Crippen LogP) is 2.12. The lowest BCUT2D eigenvalue weighted by atomic mass is 10.1. The highest BCUT2D eigenvalue weighted by Gasteiger charge is 2.17. The number of nitrogens with zero attached hydrogens (tertiary/aromatic N) is 2. The molecule has 0 heterocycles. The minimum absolute atomic E-state index is 0.157. The first kappa shape index (κ1) is 17.2. The van der Waals surface area contributed by atoms with Crippen molar-refractivity contribution in [1.82, 2.24) is 4.90 Å². The molecule has 0 aliphatic carbocycles. The van der Waals surface area contributed by atoms with E-state index in [2.05, 4.69) is 0 Å². The maximum absolute atomic E-state index is 12.1. The van der Waals surface area contributed by atoms with Crippen LogP contribution in [0.1, 0.15) is 23.7 Å². The van der Waals surface area contributed by atoms with Crippen LogP contribution in [0.5, 0.6) is 0 Å². The third-order valence-corrected chi connectivity index (χ3v) is 3.96. The Morgan fingerprint density at radius 3 is 2.48 bits per heavy atom. The SMILES string of the molecule is CCCN(c1cccc(C(=O)/C=C/N(C)C)c1)S(C)(=O)=O. The van der Waals surface area contributed by atoms with Gasteiger partial charge in [-0.05, 0) is 18.6 Å². The first-order valence-corrected chi connectivity index (χ1v) is 8.57. The van der Waals surface area contributed by atoms with E-state index in [9.17, 15) is 13.2 Å². The number of rotatable bonds is 7. The Labute approximate surface area is 126 Å². The third-order valence-electron chi connectivity index (χ3n) is 2.77. The molecule has 1 aromatic carbocycles. The van der Waals surface area contributed by atoms with Crippen molar-refractivity contribution in [2.45, 2.75) is 13.3 Å². The van der Waals surface area contributed by atoms with Crippen LogP contribution in [0.15, 0.2) is 36.5 Å². The zero-order chi connectivity index (χ0) is 16.0. The summed E-state index contributed by atoms with van der Waals surface area (Å²) in [6.45, 7) is 2.30. The van der Waals surface area contributed by atoms with Gasteiger partial charge in [0.2, 0.25) is 10.0 Å². The Morgan fingerprint density at radius 1 is 1.29 bits per heavy atom. The minimum Gasteiger partial charge on any atom is -0.383 e. The second-order valence-corrected chi connectivity index (χ2v) is 6.94. The number of anilines is 1. The second kappa shape index (κ2) is 7.26. The molecule has 0 unspecified atom stereocenters. The van der Waals surface area contributed by atoms with Crippen LogP contribution in [-0.2, 0) is 10.0 Å². The van der Waals surface area contributed by atoms with Gasteiger partial charge in [-0.25, -0.2) is 8.42 Å². The maximum atomic E-state index is 12.1. The van der Waals surface area contributed by atoms with Crippen molar-refractivity contribution in [2.24, 2.45) is 0 Å². The van der Waals surface area contributed by atoms with E-state index in [4.69, 9.17) is 0 Å². The average molecular weight is 310 g/mol. The summed E-state index contributed by atoms with van der Waals surface area (Å²) in [7, 11) is 0.300. The summed E-state index contributed by atoms with van der Waals surface area (Å²) >= 11 is 0. The van der Waals surface area contributed by atoms with Gasteiger partial charge in [0, 0.05) is 38.5 Å². The van der Waals surface area contributed by atoms with Gasteiger partial charge in [0.25, 0.3) is 0 Å². The number of hydrogen-bond acceptors (Lipinski definition) is 4. The fraction of sp³-hybridized carbons (Fsp3) is 0.400. The number of sulfonamides is 1. The van der Waals surface area contributed by atoms with Crippen molar-refractivity contribution in [3.8, 4) is 0 Å². The molecule has 0 N–H and O–H groups in total. The summed E-state index contributed by atoms with van der Waals surface area (Å²) in [6.07, 6.45) is 4.99. The van der Waals surface area contributed by atoms with Gasteiger partial charge >= 0.3 is 0 Å². The summed E-state index contributed by atoms with van der Waals surface area (Å²) in [5.41, 5.74) is 0.985. The standard InChI is InChI=1S/C15H22N2O3S/c1-5-10-17(21(4,19)20)14-8-6-7-13(12-14)15(18)9-11-16(2)3/h6-9,11-12H,5,10H2,1-4H3/b11-9+. The van der Waals surface area contributed by atoms with Gasteiger partial charge in [0.05, 0.1) is 11.9 Å². The lowest BCUT2D eigenvalue weighted by Gasteiger charge is -2.22. The second-order valence-electron chi connectivity index (χ2n) is 5.03. The molecule has 0 amide bonds. The molecule has 0 atom stereocenters. The van der Waals surface area contributed by atoms with E-state index in [0.29, 0.717) is 24.2 Å². The number of carbonyl (C=O) groups excluding carboxylic acids is 1. The van der Waals surface area contributed by atoms with Crippen molar-refractivity contribution in [3.63, 3.8) is 0 Å². The lowest BCUT2D eigenvalue weighted by molar-refractivity contribution is 0.104. The van der Waals surface area contributed by atoms with E-state index < -0.39 is 10.0 Å². The molecule has 0 fully saturated rings. The largest absolute Gasteiger partial charge is 0.383 e. The molecule has 0 radical (unpaired) electrons. The van der Waals surface area contributed by atoms with Gasteiger partial charge in [-0.15, -0.1) is 0 Å². The summed E-state index contributed by atoms with van der Waals surface area (Å²) in [5, 5.41) is 0. The first-order valence-electron chi connectivity index (χ1n) is 6.72. The Morgan fingerprint density at radius 2 is 1.95 bits per heavy atom. The van der Waals surface area contributed by atoms with Gasteiger partial charge in [-0.2, -0.15) is 0 Å². The van der Waals surface area contributed by atoms with Crippen LogP contribution >= 0.6 is 0 Å². The van der Waals surface area contributed by atoms with Crippen molar-refractivity contribution in [1.29, 1.82) is 0 Å². The van der Waals surface area contributed by atoms with Crippen LogP contribution in [0.4, 0.5) is 5.69 Å². The summed E-state index contributed by atoms with van der Waals surface area (Å²) in [5.74, 6) is -0.157. The Bertz CT molecular complexity index is 622. The predicted molar refractivity (Wildman–Crippen MR) is 86.1 cm³/mol. The molecule has 0 aliphatic heterocycles. The number of ketones is 1. The Hall–Kier alpha value is -1.82.